The molecule has 1 aromatic carbocycles. The van der Waals surface area contributed by atoms with Gasteiger partial charge >= 0.3 is 12.5 Å². The molecule has 0 saturated carbocycles. The second kappa shape index (κ2) is 6.96. The van der Waals surface area contributed by atoms with Crippen molar-refractivity contribution in [2.24, 2.45) is 0 Å². The molecule has 1 aliphatic rings. The molecule has 4 nitrogen and oxygen atoms in total. The maximum absolute atomic E-state index is 13.0. The lowest BCUT2D eigenvalue weighted by Crippen LogP contribution is -2.33. The molecule has 1 aromatic heterocycles. The highest BCUT2D eigenvalue weighted by Crippen LogP contribution is 2.38. The van der Waals surface area contributed by atoms with Crippen molar-refractivity contribution in [1.29, 1.82) is 5.26 Å². The Bertz CT molecular complexity index is 889. The summed E-state index contributed by atoms with van der Waals surface area (Å²) >= 11 is 1.31. The quantitative estimate of drug-likeness (QED) is 0.767. The number of rotatable bonds is 5. The number of carbonyl (C=O) groups is 1. The molecule has 26 heavy (non-hydrogen) atoms. The zero-order valence-corrected chi connectivity index (χ0v) is 14.0. The first-order valence-corrected chi connectivity index (χ1v) is 8.44. The molecule has 2 aromatic rings. The lowest BCUT2D eigenvalue weighted by Gasteiger charge is -2.17. The molecule has 9 heteroatoms. The van der Waals surface area contributed by atoms with E-state index in [-0.39, 0.29) is 5.56 Å². The van der Waals surface area contributed by atoms with E-state index in [2.05, 4.69) is 16.1 Å². The van der Waals surface area contributed by atoms with E-state index in [1.165, 1.54) is 23.5 Å². The fourth-order valence-electron chi connectivity index (χ4n) is 2.69. The van der Waals surface area contributed by atoms with Crippen molar-refractivity contribution in [2.45, 2.75) is 31.8 Å². The summed E-state index contributed by atoms with van der Waals surface area (Å²) in [6.07, 6.45) is -6.07. The molecular formula is C17H12F4N2O2S. The van der Waals surface area contributed by atoms with Crippen LogP contribution >= 0.6 is 11.3 Å². The van der Waals surface area contributed by atoms with Gasteiger partial charge in [0.25, 0.3) is 5.91 Å². The Kier molecular flexibility index (Phi) is 4.87. The molecule has 1 amide bonds. The van der Waals surface area contributed by atoms with Gasteiger partial charge in [-0.3, -0.25) is 4.79 Å². The molecule has 0 spiro atoms. The normalized spacial score (nSPS) is 13.4. The number of nitriles is 1. The fraction of sp³-hybridized carbons (Fsp3) is 0.294. The predicted octanol–water partition coefficient (Wildman–Crippen LogP) is 4.60. The second-order valence-electron chi connectivity index (χ2n) is 5.62. The Balaban J connectivity index is 1.79. The average Bonchev–Trinajstić information content (AvgIpc) is 3.15. The van der Waals surface area contributed by atoms with Gasteiger partial charge in [-0.25, -0.2) is 0 Å². The summed E-state index contributed by atoms with van der Waals surface area (Å²) in [5.41, 5.74) is 1.29. The molecule has 136 valence electrons. The molecule has 0 fully saturated rings. The van der Waals surface area contributed by atoms with Crippen molar-refractivity contribution in [2.75, 3.05) is 5.32 Å². The van der Waals surface area contributed by atoms with Gasteiger partial charge in [0.05, 0.1) is 5.56 Å². The molecule has 3 rings (SSSR count). The predicted molar refractivity (Wildman–Crippen MR) is 87.0 cm³/mol. The van der Waals surface area contributed by atoms with E-state index >= 15 is 0 Å². The SMILES string of the molecule is N#Cc1c(NC(=O)c2cccc(OC(F)(F)C(F)F)c2)sc2c1CCC2. The zero-order chi connectivity index (χ0) is 18.9. The summed E-state index contributed by atoms with van der Waals surface area (Å²) in [6.45, 7) is 0. The number of carbonyl (C=O) groups excluding carboxylic acids is 1. The van der Waals surface area contributed by atoms with Crippen LogP contribution in [0.5, 0.6) is 5.75 Å². The Morgan fingerprint density at radius 2 is 2.12 bits per heavy atom. The molecule has 1 aliphatic carbocycles. The van der Waals surface area contributed by atoms with Gasteiger partial charge in [-0.05, 0) is 43.0 Å². The minimum atomic E-state index is -4.66. The molecule has 0 bridgehead atoms. The van der Waals surface area contributed by atoms with Gasteiger partial charge in [0.1, 0.15) is 16.8 Å². The van der Waals surface area contributed by atoms with Crippen molar-refractivity contribution >= 4 is 22.2 Å². The lowest BCUT2D eigenvalue weighted by atomic mass is 10.1. The minimum absolute atomic E-state index is 0.0509. The van der Waals surface area contributed by atoms with Crippen LogP contribution in [-0.2, 0) is 12.8 Å². The molecule has 0 aliphatic heterocycles. The molecule has 1 heterocycles. The van der Waals surface area contributed by atoms with E-state index in [9.17, 15) is 27.6 Å². The second-order valence-corrected chi connectivity index (χ2v) is 6.72. The molecule has 0 radical (unpaired) electrons. The first kappa shape index (κ1) is 18.2. The smallest absolute Gasteiger partial charge is 0.428 e. The Hall–Kier alpha value is -2.60. The van der Waals surface area contributed by atoms with Crippen LogP contribution < -0.4 is 10.1 Å². The standard InChI is InChI=1S/C17H12F4N2O2S/c18-16(19)17(20,21)25-10-4-1-3-9(7-10)14(24)23-15-12(8-22)11-5-2-6-13(11)26-15/h1,3-4,7,16H,2,5-6H2,(H,23,24). The van der Waals surface area contributed by atoms with E-state index in [0.717, 1.165) is 41.8 Å². The number of amides is 1. The summed E-state index contributed by atoms with van der Waals surface area (Å²) in [6, 6.07) is 6.64. The van der Waals surface area contributed by atoms with Crippen molar-refractivity contribution in [1.82, 2.24) is 0 Å². The lowest BCUT2D eigenvalue weighted by molar-refractivity contribution is -0.253. The van der Waals surface area contributed by atoms with Crippen LogP contribution in [0.2, 0.25) is 0 Å². The van der Waals surface area contributed by atoms with Crippen LogP contribution in [0.3, 0.4) is 0 Å². The van der Waals surface area contributed by atoms with Gasteiger partial charge < -0.3 is 10.1 Å². The summed E-state index contributed by atoms with van der Waals surface area (Å²) in [4.78, 5) is 13.4. The highest BCUT2D eigenvalue weighted by atomic mass is 32.1. The van der Waals surface area contributed by atoms with E-state index < -0.39 is 24.2 Å². The van der Waals surface area contributed by atoms with Gasteiger partial charge in [-0.2, -0.15) is 22.8 Å². The van der Waals surface area contributed by atoms with Crippen LogP contribution in [0.1, 0.15) is 32.8 Å². The molecule has 0 saturated heterocycles. The number of alkyl halides is 4. The molecular weight excluding hydrogens is 372 g/mol. The highest BCUT2D eigenvalue weighted by Gasteiger charge is 2.44. The van der Waals surface area contributed by atoms with Gasteiger partial charge in [0, 0.05) is 10.4 Å². The zero-order valence-electron chi connectivity index (χ0n) is 13.2. The van der Waals surface area contributed by atoms with Gasteiger partial charge in [0.15, 0.2) is 0 Å². The van der Waals surface area contributed by atoms with Crippen LogP contribution in [0.15, 0.2) is 24.3 Å². The number of thiophene rings is 1. The monoisotopic (exact) mass is 384 g/mol. The number of anilines is 1. The number of fused-ring (bicyclic) bond motifs is 1. The Labute approximate surface area is 150 Å². The molecule has 0 unspecified atom stereocenters. The van der Waals surface area contributed by atoms with Crippen LogP contribution in [0.4, 0.5) is 22.6 Å². The number of ether oxygens (including phenoxy) is 1. The van der Waals surface area contributed by atoms with Crippen LogP contribution in [0, 0.1) is 11.3 Å². The van der Waals surface area contributed by atoms with Crippen molar-refractivity contribution in [3.63, 3.8) is 0 Å². The fourth-order valence-corrected chi connectivity index (χ4v) is 3.92. The average molecular weight is 384 g/mol. The molecule has 1 N–H and O–H groups in total. The van der Waals surface area contributed by atoms with E-state index in [1.807, 2.05) is 0 Å². The van der Waals surface area contributed by atoms with Crippen LogP contribution in [0.25, 0.3) is 0 Å². The third kappa shape index (κ3) is 3.51. The van der Waals surface area contributed by atoms with Crippen molar-refractivity contribution in [3.8, 4) is 11.8 Å². The number of hydrogen-bond acceptors (Lipinski definition) is 4. The van der Waals surface area contributed by atoms with Gasteiger partial charge in [-0.15, -0.1) is 11.3 Å². The number of aryl methyl sites for hydroxylation is 1. The van der Waals surface area contributed by atoms with Crippen molar-refractivity contribution < 1.29 is 27.1 Å². The topological polar surface area (TPSA) is 62.1 Å². The maximum Gasteiger partial charge on any atom is 0.461 e. The highest BCUT2D eigenvalue weighted by molar-refractivity contribution is 7.16. The minimum Gasteiger partial charge on any atom is -0.428 e. The third-order valence-electron chi connectivity index (χ3n) is 3.86. The van der Waals surface area contributed by atoms with Gasteiger partial charge in [-0.1, -0.05) is 6.07 Å². The maximum atomic E-state index is 13.0. The third-order valence-corrected chi connectivity index (χ3v) is 5.07. The summed E-state index contributed by atoms with van der Waals surface area (Å²) < 4.78 is 54.4. The van der Waals surface area contributed by atoms with Crippen LogP contribution in [-0.4, -0.2) is 18.4 Å². The molecule has 0 atom stereocenters. The summed E-state index contributed by atoms with van der Waals surface area (Å²) in [5, 5.41) is 12.3. The first-order valence-electron chi connectivity index (χ1n) is 7.63. The van der Waals surface area contributed by atoms with E-state index in [0.29, 0.717) is 10.6 Å². The van der Waals surface area contributed by atoms with Crippen molar-refractivity contribution in [3.05, 3.63) is 45.8 Å². The number of hydrogen-bond donors (Lipinski definition) is 1. The number of halogens is 4. The summed E-state index contributed by atoms with van der Waals surface area (Å²) in [7, 11) is 0. The van der Waals surface area contributed by atoms with E-state index in [1.54, 1.807) is 0 Å². The first-order chi connectivity index (χ1) is 12.3. The number of nitrogens with zero attached hydrogens (tertiary/aromatic N) is 1. The number of benzene rings is 1. The van der Waals surface area contributed by atoms with Gasteiger partial charge in [0.2, 0.25) is 0 Å². The van der Waals surface area contributed by atoms with E-state index in [4.69, 9.17) is 0 Å². The largest absolute Gasteiger partial charge is 0.461 e. The number of nitrogens with one attached hydrogen (secondary N) is 1. The Morgan fingerprint density at radius 3 is 2.81 bits per heavy atom. The summed E-state index contributed by atoms with van der Waals surface area (Å²) in [5.74, 6) is -1.20. The Morgan fingerprint density at radius 1 is 1.35 bits per heavy atom.